The van der Waals surface area contributed by atoms with Gasteiger partial charge in [-0.25, -0.2) is 4.79 Å². The molecule has 7 nitrogen and oxygen atoms in total. The van der Waals surface area contributed by atoms with Crippen molar-refractivity contribution in [2.24, 2.45) is 13.0 Å². The summed E-state index contributed by atoms with van der Waals surface area (Å²) in [5.41, 5.74) is 3.18. The molecular weight excluding hydrogens is 426 g/mol. The molecule has 2 aromatic heterocycles. The van der Waals surface area contributed by atoms with E-state index in [1.165, 1.54) is 9.13 Å². The normalized spacial score (nSPS) is 15.9. The minimum absolute atomic E-state index is 0.177. The second kappa shape index (κ2) is 7.67. The van der Waals surface area contributed by atoms with Gasteiger partial charge in [0.25, 0.3) is 5.56 Å². The molecule has 0 spiro atoms. The van der Waals surface area contributed by atoms with Crippen LogP contribution < -0.4 is 16.1 Å². The fraction of sp³-hybridized carbons (Fsp3) is 0.292. The first-order valence-electron chi connectivity index (χ1n) is 10.6. The van der Waals surface area contributed by atoms with Crippen molar-refractivity contribution in [1.82, 2.24) is 18.7 Å². The zero-order valence-electron chi connectivity index (χ0n) is 18.2. The first kappa shape index (κ1) is 20.6. The second-order valence-electron chi connectivity index (χ2n) is 8.61. The van der Waals surface area contributed by atoms with E-state index in [-0.39, 0.29) is 17.8 Å². The van der Waals surface area contributed by atoms with Crippen molar-refractivity contribution in [3.05, 3.63) is 85.5 Å². The lowest BCUT2D eigenvalue weighted by Crippen LogP contribution is -2.40. The zero-order chi connectivity index (χ0) is 22.6. The Morgan fingerprint density at radius 2 is 1.84 bits per heavy atom. The number of benzene rings is 2. The van der Waals surface area contributed by atoms with E-state index in [1.807, 2.05) is 28.8 Å². The summed E-state index contributed by atoms with van der Waals surface area (Å²) >= 11 is 5.98. The molecule has 5 rings (SSSR count). The van der Waals surface area contributed by atoms with Gasteiger partial charge in [0.05, 0.1) is 6.54 Å². The van der Waals surface area contributed by atoms with E-state index < -0.39 is 0 Å². The van der Waals surface area contributed by atoms with Crippen molar-refractivity contribution in [2.75, 3.05) is 11.4 Å². The number of hydrogen-bond donors (Lipinski definition) is 0. The molecule has 1 aliphatic heterocycles. The van der Waals surface area contributed by atoms with Gasteiger partial charge in [-0.3, -0.25) is 13.9 Å². The second-order valence-corrected chi connectivity index (χ2v) is 9.05. The van der Waals surface area contributed by atoms with Crippen LogP contribution in [0.3, 0.4) is 0 Å². The summed E-state index contributed by atoms with van der Waals surface area (Å²) in [6.07, 6.45) is 0. The molecule has 0 fully saturated rings. The van der Waals surface area contributed by atoms with Crippen molar-refractivity contribution < 1.29 is 0 Å². The van der Waals surface area contributed by atoms with E-state index in [9.17, 15) is 9.59 Å². The third kappa shape index (κ3) is 3.33. The predicted octanol–water partition coefficient (Wildman–Crippen LogP) is 3.69. The molecule has 4 aromatic rings. The van der Waals surface area contributed by atoms with Crippen LogP contribution in [0.1, 0.15) is 18.1 Å². The molecule has 0 saturated heterocycles. The largest absolute Gasteiger partial charge is 0.332 e. The van der Waals surface area contributed by atoms with Crippen LogP contribution in [0.4, 0.5) is 11.6 Å². The molecule has 0 N–H and O–H groups in total. The lowest BCUT2D eigenvalue weighted by atomic mass is 10.1. The standard InChI is InChI=1S/C24H24ClN5O2/c1-15-5-4-6-19(11-15)28-12-16(2)13-29-20-21(26-23(28)29)27(3)24(32)30(22(20)31)14-17-7-9-18(25)10-8-17/h4-11,16H,12-14H2,1-3H3. The Morgan fingerprint density at radius 3 is 2.56 bits per heavy atom. The monoisotopic (exact) mass is 449 g/mol. The van der Waals surface area contributed by atoms with Crippen molar-refractivity contribution in [3.63, 3.8) is 0 Å². The maximum absolute atomic E-state index is 13.6. The van der Waals surface area contributed by atoms with Gasteiger partial charge in [-0.2, -0.15) is 4.98 Å². The molecule has 0 saturated carbocycles. The summed E-state index contributed by atoms with van der Waals surface area (Å²) in [7, 11) is 1.67. The van der Waals surface area contributed by atoms with Gasteiger partial charge in [-0.15, -0.1) is 0 Å². The van der Waals surface area contributed by atoms with Crippen molar-refractivity contribution in [2.45, 2.75) is 26.9 Å². The summed E-state index contributed by atoms with van der Waals surface area (Å²) in [4.78, 5) is 33.5. The predicted molar refractivity (Wildman–Crippen MR) is 127 cm³/mol. The van der Waals surface area contributed by atoms with E-state index in [0.717, 1.165) is 23.4 Å². The molecule has 3 heterocycles. The zero-order valence-corrected chi connectivity index (χ0v) is 19.0. The average molecular weight is 450 g/mol. The minimum atomic E-state index is -0.386. The van der Waals surface area contributed by atoms with Gasteiger partial charge in [0.1, 0.15) is 0 Å². The molecule has 164 valence electrons. The highest BCUT2D eigenvalue weighted by Gasteiger charge is 2.29. The third-order valence-corrected chi connectivity index (χ3v) is 6.26. The van der Waals surface area contributed by atoms with Gasteiger partial charge in [0.2, 0.25) is 5.95 Å². The maximum Gasteiger partial charge on any atom is 0.332 e. The lowest BCUT2D eigenvalue weighted by Gasteiger charge is -2.33. The van der Waals surface area contributed by atoms with Gasteiger partial charge in [-0.05, 0) is 48.2 Å². The Morgan fingerprint density at radius 1 is 1.09 bits per heavy atom. The van der Waals surface area contributed by atoms with Crippen LogP contribution in [0.2, 0.25) is 5.02 Å². The first-order chi connectivity index (χ1) is 15.3. The Hall–Kier alpha value is -3.32. The van der Waals surface area contributed by atoms with Crippen LogP contribution in [-0.4, -0.2) is 25.2 Å². The minimum Gasteiger partial charge on any atom is -0.312 e. The van der Waals surface area contributed by atoms with Crippen LogP contribution in [0.25, 0.3) is 11.2 Å². The molecule has 0 radical (unpaired) electrons. The Kier molecular flexibility index (Phi) is 4.93. The smallest absolute Gasteiger partial charge is 0.312 e. The number of imidazole rings is 1. The van der Waals surface area contributed by atoms with E-state index >= 15 is 0 Å². The molecule has 2 aromatic carbocycles. The fourth-order valence-corrected chi connectivity index (χ4v) is 4.56. The lowest BCUT2D eigenvalue weighted by molar-refractivity contribution is 0.458. The Bertz CT molecular complexity index is 1450. The molecule has 1 atom stereocenters. The number of halogens is 1. The first-order valence-corrected chi connectivity index (χ1v) is 11.0. The Labute approximate surface area is 190 Å². The molecule has 32 heavy (non-hydrogen) atoms. The van der Waals surface area contributed by atoms with Gasteiger partial charge in [-0.1, -0.05) is 42.8 Å². The molecule has 1 aliphatic rings. The topological polar surface area (TPSA) is 65.1 Å². The summed E-state index contributed by atoms with van der Waals surface area (Å²) in [5.74, 6) is 1.00. The Balaban J connectivity index is 1.72. The van der Waals surface area contributed by atoms with Crippen LogP contribution in [0.15, 0.2) is 58.1 Å². The van der Waals surface area contributed by atoms with Crippen LogP contribution >= 0.6 is 11.6 Å². The molecular formula is C24H24ClN5O2. The molecule has 0 amide bonds. The van der Waals surface area contributed by atoms with Crippen LogP contribution in [0, 0.1) is 12.8 Å². The molecule has 0 bridgehead atoms. The summed E-state index contributed by atoms with van der Waals surface area (Å²) in [6.45, 7) is 5.85. The molecule has 1 unspecified atom stereocenters. The summed E-state index contributed by atoms with van der Waals surface area (Å²) in [5, 5.41) is 0.611. The number of nitrogens with zero attached hydrogens (tertiary/aromatic N) is 5. The summed E-state index contributed by atoms with van der Waals surface area (Å²) in [6, 6.07) is 15.4. The van der Waals surface area contributed by atoms with Gasteiger partial charge < -0.3 is 9.47 Å². The fourth-order valence-electron chi connectivity index (χ4n) is 4.43. The van der Waals surface area contributed by atoms with Gasteiger partial charge in [0.15, 0.2) is 11.2 Å². The van der Waals surface area contributed by atoms with Gasteiger partial charge in [0, 0.05) is 30.8 Å². The van der Waals surface area contributed by atoms with Crippen LogP contribution in [-0.2, 0) is 20.1 Å². The molecule has 8 heteroatoms. The van der Waals surface area contributed by atoms with Crippen molar-refractivity contribution >= 4 is 34.4 Å². The average Bonchev–Trinajstić information content (AvgIpc) is 3.15. The van der Waals surface area contributed by atoms with E-state index in [2.05, 4.69) is 30.9 Å². The summed E-state index contributed by atoms with van der Waals surface area (Å²) < 4.78 is 4.71. The van der Waals surface area contributed by atoms with E-state index in [0.29, 0.717) is 34.6 Å². The van der Waals surface area contributed by atoms with E-state index in [1.54, 1.807) is 19.2 Å². The highest BCUT2D eigenvalue weighted by Crippen LogP contribution is 2.33. The van der Waals surface area contributed by atoms with Crippen molar-refractivity contribution in [1.29, 1.82) is 0 Å². The van der Waals surface area contributed by atoms with Gasteiger partial charge >= 0.3 is 5.69 Å². The SMILES string of the molecule is Cc1cccc(N2CC(C)Cn3c2nc2c3c(=O)n(Cc3ccc(Cl)cc3)c(=O)n2C)c1. The quantitative estimate of drug-likeness (QED) is 0.478. The number of fused-ring (bicyclic) bond motifs is 3. The number of hydrogen-bond acceptors (Lipinski definition) is 4. The maximum atomic E-state index is 13.6. The third-order valence-electron chi connectivity index (χ3n) is 6.01. The van der Waals surface area contributed by atoms with Crippen molar-refractivity contribution in [3.8, 4) is 0 Å². The number of aromatic nitrogens is 4. The number of rotatable bonds is 3. The number of aryl methyl sites for hydroxylation is 2. The van der Waals surface area contributed by atoms with Crippen LogP contribution in [0.5, 0.6) is 0 Å². The highest BCUT2D eigenvalue weighted by molar-refractivity contribution is 6.30. The van der Waals surface area contributed by atoms with E-state index in [4.69, 9.17) is 16.6 Å². The highest BCUT2D eigenvalue weighted by atomic mass is 35.5. The number of anilines is 2. The molecule has 0 aliphatic carbocycles.